The third kappa shape index (κ3) is 5.36. The summed E-state index contributed by atoms with van der Waals surface area (Å²) in [4.78, 5) is 14.3. The van der Waals surface area contributed by atoms with Crippen molar-refractivity contribution in [2.75, 3.05) is 0 Å². The van der Waals surface area contributed by atoms with Gasteiger partial charge in [0.1, 0.15) is 0 Å². The molecule has 1 N–H and O–H groups in total. The second kappa shape index (κ2) is 9.26. The molecule has 1 radical (unpaired) electrons. The molecule has 4 rings (SSSR count). The molecule has 0 unspecified atom stereocenters. The van der Waals surface area contributed by atoms with Crippen LogP contribution >= 0.6 is 0 Å². The van der Waals surface area contributed by atoms with Crippen LogP contribution in [0.3, 0.4) is 0 Å². The molecule has 1 aromatic heterocycles. The Morgan fingerprint density at radius 2 is 1.09 bits per heavy atom. The Labute approximate surface area is 195 Å². The monoisotopic (exact) mass is 436 g/mol. The minimum absolute atomic E-state index is 0.583. The van der Waals surface area contributed by atoms with Crippen molar-refractivity contribution in [3.05, 3.63) is 84.9 Å². The average Bonchev–Trinajstić information content (AvgIpc) is 2.83. The molecule has 0 saturated carbocycles. The van der Waals surface area contributed by atoms with Gasteiger partial charge in [0, 0.05) is 16.7 Å². The summed E-state index contributed by atoms with van der Waals surface area (Å²) in [6.45, 7) is 7.19. The molecule has 33 heavy (non-hydrogen) atoms. The van der Waals surface area contributed by atoms with Crippen molar-refractivity contribution in [1.29, 1.82) is 0 Å². The summed E-state index contributed by atoms with van der Waals surface area (Å²) in [5, 5.41) is 10.4. The van der Waals surface area contributed by atoms with Gasteiger partial charge in [0.2, 0.25) is 0 Å². The molecule has 0 saturated heterocycles. The van der Waals surface area contributed by atoms with Crippen molar-refractivity contribution in [2.24, 2.45) is 0 Å². The normalized spacial score (nSPS) is 11.9. The summed E-state index contributed by atoms with van der Waals surface area (Å²) in [6.07, 6.45) is 0. The smallest absolute Gasteiger partial charge is 0.330 e. The van der Waals surface area contributed by atoms with Crippen molar-refractivity contribution in [1.82, 2.24) is 15.0 Å². The van der Waals surface area contributed by atoms with Crippen molar-refractivity contribution < 1.29 is 9.76 Å². The van der Waals surface area contributed by atoms with E-state index in [9.17, 15) is 5.11 Å². The van der Waals surface area contributed by atoms with E-state index in [1.165, 1.54) is 0 Å². The molecular formula is C27H27BN3O2. The van der Waals surface area contributed by atoms with Gasteiger partial charge in [-0.25, -0.2) is 15.0 Å². The van der Waals surface area contributed by atoms with Gasteiger partial charge in [0.15, 0.2) is 17.5 Å². The SMILES string of the molecule is CC(C)(O)C(C)(C)O[B]c1cccc(-c2nc(-c3ccccc3)nc(-c3ccccc3)n2)c1. The summed E-state index contributed by atoms with van der Waals surface area (Å²) < 4.78 is 5.93. The Bertz CT molecular complexity index is 1170. The molecule has 0 bridgehead atoms. The maximum atomic E-state index is 10.4. The number of aromatic nitrogens is 3. The molecule has 0 amide bonds. The maximum Gasteiger partial charge on any atom is 0.330 e. The number of aliphatic hydroxyl groups is 1. The number of benzene rings is 3. The Balaban J connectivity index is 1.72. The van der Waals surface area contributed by atoms with Gasteiger partial charge in [-0.1, -0.05) is 90.4 Å². The first kappa shape index (κ1) is 22.8. The van der Waals surface area contributed by atoms with E-state index >= 15 is 0 Å². The minimum atomic E-state index is -0.996. The first-order valence-corrected chi connectivity index (χ1v) is 10.9. The second-order valence-corrected chi connectivity index (χ2v) is 8.97. The lowest BCUT2D eigenvalue weighted by molar-refractivity contribution is -0.0893. The maximum absolute atomic E-state index is 10.4. The average molecular weight is 436 g/mol. The third-order valence-electron chi connectivity index (χ3n) is 5.81. The van der Waals surface area contributed by atoms with Crippen molar-refractivity contribution >= 4 is 12.9 Å². The predicted molar refractivity (Wildman–Crippen MR) is 133 cm³/mol. The van der Waals surface area contributed by atoms with Crippen LogP contribution in [0, 0.1) is 0 Å². The highest BCUT2D eigenvalue weighted by molar-refractivity contribution is 6.47. The summed E-state index contributed by atoms with van der Waals surface area (Å²) in [7, 11) is 1.67. The van der Waals surface area contributed by atoms with Crippen molar-refractivity contribution in [3.8, 4) is 34.2 Å². The first-order chi connectivity index (χ1) is 15.7. The van der Waals surface area contributed by atoms with Crippen LogP contribution in [0.4, 0.5) is 0 Å². The zero-order chi connectivity index (χ0) is 23.5. The van der Waals surface area contributed by atoms with E-state index < -0.39 is 11.2 Å². The molecule has 0 aliphatic rings. The molecule has 4 aromatic rings. The fourth-order valence-corrected chi connectivity index (χ4v) is 3.05. The zero-order valence-corrected chi connectivity index (χ0v) is 19.4. The predicted octanol–water partition coefficient (Wildman–Crippen LogP) is 4.68. The van der Waals surface area contributed by atoms with Crippen molar-refractivity contribution in [3.63, 3.8) is 0 Å². The number of nitrogens with zero attached hydrogens (tertiary/aromatic N) is 3. The summed E-state index contributed by atoms with van der Waals surface area (Å²) in [5.41, 5.74) is 1.81. The van der Waals surface area contributed by atoms with Crippen LogP contribution in [0.2, 0.25) is 0 Å². The van der Waals surface area contributed by atoms with Gasteiger partial charge in [0.25, 0.3) is 0 Å². The largest absolute Gasteiger partial charge is 0.427 e. The van der Waals surface area contributed by atoms with Crippen LogP contribution in [0.15, 0.2) is 84.9 Å². The van der Waals surface area contributed by atoms with Gasteiger partial charge in [-0.3, -0.25) is 0 Å². The third-order valence-corrected chi connectivity index (χ3v) is 5.81. The number of hydrogen-bond donors (Lipinski definition) is 1. The van der Waals surface area contributed by atoms with E-state index in [1.807, 2.05) is 98.8 Å². The molecule has 5 nitrogen and oxygen atoms in total. The summed E-state index contributed by atoms with van der Waals surface area (Å²) in [5.74, 6) is 1.82. The van der Waals surface area contributed by atoms with Gasteiger partial charge in [-0.2, -0.15) is 0 Å². The van der Waals surface area contributed by atoms with Gasteiger partial charge >= 0.3 is 7.48 Å². The standard InChI is InChI=1S/C27H27BN3O2/c1-26(2,32)27(3,4)33-28-22-17-11-16-21(18-22)25-30-23(19-12-7-5-8-13-19)29-24(31-25)20-14-9-6-10-15-20/h5-18,32H,1-4H3. The highest BCUT2D eigenvalue weighted by Crippen LogP contribution is 2.25. The van der Waals surface area contributed by atoms with Crippen LogP contribution in [0.5, 0.6) is 0 Å². The fourth-order valence-electron chi connectivity index (χ4n) is 3.05. The summed E-state index contributed by atoms with van der Waals surface area (Å²) >= 11 is 0. The molecule has 3 aromatic carbocycles. The fraction of sp³-hybridized carbons (Fsp3) is 0.222. The van der Waals surface area contributed by atoms with Gasteiger partial charge < -0.3 is 9.76 Å². The Kier molecular flexibility index (Phi) is 6.41. The second-order valence-electron chi connectivity index (χ2n) is 8.97. The highest BCUT2D eigenvalue weighted by Gasteiger charge is 2.35. The van der Waals surface area contributed by atoms with E-state index in [0.717, 1.165) is 22.2 Å². The van der Waals surface area contributed by atoms with Crippen LogP contribution in [-0.4, -0.2) is 38.7 Å². The van der Waals surface area contributed by atoms with Gasteiger partial charge in [-0.15, -0.1) is 0 Å². The molecule has 0 atom stereocenters. The lowest BCUT2D eigenvalue weighted by atomic mass is 9.82. The number of hydrogen-bond acceptors (Lipinski definition) is 5. The van der Waals surface area contributed by atoms with Crippen LogP contribution < -0.4 is 5.46 Å². The first-order valence-electron chi connectivity index (χ1n) is 10.9. The molecule has 6 heteroatoms. The number of rotatable bonds is 7. The molecule has 0 aliphatic carbocycles. The van der Waals surface area contributed by atoms with E-state index in [1.54, 1.807) is 21.3 Å². The van der Waals surface area contributed by atoms with E-state index in [-0.39, 0.29) is 0 Å². The Morgan fingerprint density at radius 3 is 1.58 bits per heavy atom. The van der Waals surface area contributed by atoms with Crippen LogP contribution in [0.1, 0.15) is 27.7 Å². The lowest BCUT2D eigenvalue weighted by Crippen LogP contribution is -2.49. The molecule has 0 fully saturated rings. The topological polar surface area (TPSA) is 68.1 Å². The van der Waals surface area contributed by atoms with Crippen LogP contribution in [0.25, 0.3) is 34.2 Å². The van der Waals surface area contributed by atoms with Crippen molar-refractivity contribution in [2.45, 2.75) is 38.9 Å². The Morgan fingerprint density at radius 1 is 0.636 bits per heavy atom. The zero-order valence-electron chi connectivity index (χ0n) is 19.4. The molecular weight excluding hydrogens is 409 g/mol. The molecule has 0 spiro atoms. The van der Waals surface area contributed by atoms with E-state index in [0.29, 0.717) is 17.5 Å². The van der Waals surface area contributed by atoms with Crippen LogP contribution in [-0.2, 0) is 4.65 Å². The van der Waals surface area contributed by atoms with E-state index in [2.05, 4.69) is 0 Å². The van der Waals surface area contributed by atoms with Gasteiger partial charge in [0.05, 0.1) is 11.2 Å². The lowest BCUT2D eigenvalue weighted by Gasteiger charge is -2.37. The quantitative estimate of drug-likeness (QED) is 0.426. The van der Waals surface area contributed by atoms with Gasteiger partial charge in [-0.05, 0) is 27.7 Å². The summed E-state index contributed by atoms with van der Waals surface area (Å²) in [6, 6.07) is 27.6. The Hall–Kier alpha value is -3.35. The highest BCUT2D eigenvalue weighted by atomic mass is 16.5. The minimum Gasteiger partial charge on any atom is -0.427 e. The van der Waals surface area contributed by atoms with E-state index in [4.69, 9.17) is 19.6 Å². The molecule has 165 valence electrons. The molecule has 0 aliphatic heterocycles. The molecule has 1 heterocycles.